The van der Waals surface area contributed by atoms with E-state index in [1.54, 1.807) is 94.1 Å². The molecular weight excluding hydrogens is 1250 g/mol. The molecule has 0 saturated carbocycles. The van der Waals surface area contributed by atoms with Gasteiger partial charge < -0.3 is 40.9 Å². The lowest BCUT2D eigenvalue weighted by molar-refractivity contribution is 0.451. The zero-order valence-corrected chi connectivity index (χ0v) is 57.9. The molecule has 0 fully saturated rings. The molecule has 1 aliphatic carbocycles. The van der Waals surface area contributed by atoms with E-state index in [9.17, 15) is 40.9 Å². The summed E-state index contributed by atoms with van der Waals surface area (Å²) in [6, 6.07) is 32.2. The molecule has 0 aliphatic heterocycles. The first-order valence-electron chi connectivity index (χ1n) is 29.1. The highest BCUT2D eigenvalue weighted by molar-refractivity contribution is 7.99. The van der Waals surface area contributed by atoms with Gasteiger partial charge in [-0.15, -0.1) is 0 Å². The van der Waals surface area contributed by atoms with Gasteiger partial charge in [-0.1, -0.05) is 97.1 Å². The highest BCUT2D eigenvalue weighted by atomic mass is 32.2. The molecule has 0 unspecified atom stereocenters. The van der Waals surface area contributed by atoms with Crippen LogP contribution in [-0.2, 0) is 97.4 Å². The molecule has 0 heterocycles. The third kappa shape index (κ3) is 16.2. The Morgan fingerprint density at radius 3 is 0.330 bits per heavy atom. The second kappa shape index (κ2) is 31.3. The van der Waals surface area contributed by atoms with Crippen molar-refractivity contribution in [1.82, 2.24) is 0 Å². The second-order valence-corrected chi connectivity index (χ2v) is 29.9. The first-order chi connectivity index (χ1) is 42.5. The Morgan fingerprint density at radius 2 is 0.261 bits per heavy atom. The molecule has 16 bridgehead atoms. The van der Waals surface area contributed by atoms with Gasteiger partial charge in [0.2, 0.25) is 0 Å². The van der Waals surface area contributed by atoms with Crippen molar-refractivity contribution in [2.24, 2.45) is 0 Å². The van der Waals surface area contributed by atoms with Crippen LogP contribution < -0.4 is 0 Å². The quantitative estimate of drug-likeness (QED) is 0.0461. The fourth-order valence-electron chi connectivity index (χ4n) is 12.5. The molecule has 0 atom stereocenters. The van der Waals surface area contributed by atoms with Crippen molar-refractivity contribution < 1.29 is 40.9 Å². The Kier molecular flexibility index (Phi) is 24.0. The third-order valence-electron chi connectivity index (χ3n) is 16.2. The molecule has 1 aliphatic rings. The van der Waals surface area contributed by atoms with Crippen LogP contribution in [0.2, 0.25) is 0 Å². The van der Waals surface area contributed by atoms with E-state index in [4.69, 9.17) is 0 Å². The molecule has 0 saturated heterocycles. The van der Waals surface area contributed by atoms with Crippen LogP contribution in [0.3, 0.4) is 0 Å². The van der Waals surface area contributed by atoms with E-state index in [2.05, 4.69) is 0 Å². The van der Waals surface area contributed by atoms with Crippen molar-refractivity contribution in [2.45, 2.75) is 97.4 Å². The molecule has 8 aromatic carbocycles. The van der Waals surface area contributed by atoms with Crippen molar-refractivity contribution in [3.8, 4) is 46.0 Å². The predicted octanol–water partition coefficient (Wildman–Crippen LogP) is 17.3. The Labute approximate surface area is 554 Å². The van der Waals surface area contributed by atoms with E-state index in [1.165, 1.54) is 0 Å². The van der Waals surface area contributed by atoms with E-state index in [0.717, 1.165) is 44.5 Å². The largest absolute Gasteiger partial charge is 0.507 e. The van der Waals surface area contributed by atoms with Gasteiger partial charge in [-0.3, -0.25) is 0 Å². The van der Waals surface area contributed by atoms with Crippen LogP contribution in [0, 0.1) is 0 Å². The maximum absolute atomic E-state index is 12.5. The van der Waals surface area contributed by atoms with Crippen LogP contribution in [0.5, 0.6) is 46.0 Å². The first kappa shape index (κ1) is 67.4. The van der Waals surface area contributed by atoms with Gasteiger partial charge in [0.05, 0.1) is 0 Å². The third-order valence-corrected chi connectivity index (χ3v) is 21.1. The molecule has 0 amide bonds. The van der Waals surface area contributed by atoms with Crippen LogP contribution >= 0.6 is 94.1 Å². The van der Waals surface area contributed by atoms with E-state index >= 15 is 0 Å². The Bertz CT molecular complexity index is 2900. The van der Waals surface area contributed by atoms with Crippen molar-refractivity contribution in [3.63, 3.8) is 0 Å². The average molecular weight is 1330 g/mol. The van der Waals surface area contributed by atoms with Gasteiger partial charge in [-0.2, -0.15) is 94.1 Å². The molecule has 8 nitrogen and oxygen atoms in total. The number of hydrogen-bond acceptors (Lipinski definition) is 16. The maximum Gasteiger partial charge on any atom is 0.122 e. The van der Waals surface area contributed by atoms with Gasteiger partial charge in [0, 0.05) is 97.4 Å². The van der Waals surface area contributed by atoms with E-state index < -0.39 is 0 Å². The highest BCUT2D eigenvalue weighted by Crippen LogP contribution is 2.43. The molecule has 0 aromatic heterocycles. The second-order valence-electron chi connectivity index (χ2n) is 23.0. The van der Waals surface area contributed by atoms with Crippen molar-refractivity contribution in [3.05, 3.63) is 231 Å². The minimum atomic E-state index is 0.0914. The monoisotopic (exact) mass is 1330 g/mol. The van der Waals surface area contributed by atoms with Gasteiger partial charge in [0.25, 0.3) is 0 Å². The lowest BCUT2D eigenvalue weighted by Crippen LogP contribution is -2.04. The number of aromatic hydroxyl groups is 8. The fraction of sp³-hybridized carbons (Fsp3) is 0.333. The summed E-state index contributed by atoms with van der Waals surface area (Å²) in [4.78, 5) is 0. The number of fused-ring (bicyclic) bond motifs is 16. The standard InChI is InChI=1S/C72H80O8S8/c1-81-33-41-9-49-25-51-11-42(34-82-2)13-53(66(51)74)27-55-15-44(36-84-4)17-57(68(55)76)29-59-19-46(38-86-6)21-61(70(59)78)31-63-23-48(40-88-8)24-64(72(63)80)32-62-22-47(39-87-7)20-60(71(62)79)30-58-18-45(37-85-5)16-56(69(58)77)28-54-14-43(35-83-3)12-52(67(54)75)26-50(10-41)65(49)73/h9-24,73-80H,25-40H2,1-8H3. The van der Waals surface area contributed by atoms with Gasteiger partial charge in [-0.05, 0) is 184 Å². The van der Waals surface area contributed by atoms with Crippen LogP contribution in [0.15, 0.2) is 97.1 Å². The summed E-state index contributed by atoms with van der Waals surface area (Å²) < 4.78 is 0. The zero-order chi connectivity index (χ0) is 62.8. The van der Waals surface area contributed by atoms with Crippen LogP contribution in [0.25, 0.3) is 0 Å². The number of thioether (sulfide) groups is 8. The molecule has 464 valence electrons. The van der Waals surface area contributed by atoms with Gasteiger partial charge in [0.15, 0.2) is 0 Å². The van der Waals surface area contributed by atoms with Crippen LogP contribution in [0.4, 0.5) is 0 Å². The average Bonchev–Trinajstić information content (AvgIpc) is 1.31. The summed E-state index contributed by atoms with van der Waals surface area (Å²) >= 11 is 13.4. The van der Waals surface area contributed by atoms with Crippen molar-refractivity contribution in [1.29, 1.82) is 0 Å². The first-order valence-corrected chi connectivity index (χ1v) is 40.2. The number of phenols is 8. The number of phenolic OH excluding ortho intramolecular Hbond substituents is 8. The molecule has 8 aromatic rings. The van der Waals surface area contributed by atoms with Crippen LogP contribution in [-0.4, -0.2) is 90.9 Å². The van der Waals surface area contributed by atoms with Gasteiger partial charge >= 0.3 is 0 Å². The lowest BCUT2D eigenvalue weighted by Gasteiger charge is -2.20. The van der Waals surface area contributed by atoms with E-state index in [0.29, 0.717) is 135 Å². The maximum atomic E-state index is 12.5. The van der Waals surface area contributed by atoms with E-state index in [1.807, 2.05) is 147 Å². The summed E-state index contributed by atoms with van der Waals surface area (Å²) in [7, 11) is 0. The number of rotatable bonds is 16. The fourth-order valence-corrected chi connectivity index (χ4v) is 16.5. The molecule has 88 heavy (non-hydrogen) atoms. The van der Waals surface area contributed by atoms with E-state index in [-0.39, 0.29) is 97.4 Å². The number of hydrogen-bond donors (Lipinski definition) is 8. The summed E-state index contributed by atoms with van der Waals surface area (Å²) in [6.45, 7) is 0. The summed E-state index contributed by atoms with van der Waals surface area (Å²) in [5.41, 5.74) is 18.4. The highest BCUT2D eigenvalue weighted by Gasteiger charge is 2.25. The normalized spacial score (nSPS) is 12.8. The smallest absolute Gasteiger partial charge is 0.122 e. The molecule has 0 radical (unpaired) electrons. The molecule has 0 spiro atoms. The SMILES string of the molecule is CSCc1cc2c(O)c(c1)Cc1cc(CSC)cc(c1O)Cc1cc(CSC)cc(c1O)Cc1cc(CSC)cc(c1O)Cc1cc(CSC)cc(c1O)Cc1cc(CSC)cc(c1O)Cc1cc(CSC)cc(c1O)Cc1cc(CSC)cc(c1O)C2. The minimum Gasteiger partial charge on any atom is -0.507 e. The molecular formula is C72H80O8S8. The summed E-state index contributed by atoms with van der Waals surface area (Å²) in [5.74, 6) is 6.13. The van der Waals surface area contributed by atoms with Gasteiger partial charge in [-0.25, -0.2) is 0 Å². The predicted molar refractivity (Wildman–Crippen MR) is 385 cm³/mol. The zero-order valence-electron chi connectivity index (χ0n) is 51.4. The lowest BCUT2D eigenvalue weighted by atomic mass is 9.89. The topological polar surface area (TPSA) is 162 Å². The summed E-state index contributed by atoms with van der Waals surface area (Å²) in [6.07, 6.45) is 18.1. The molecule has 16 heteroatoms. The molecule has 9 rings (SSSR count). The Hall–Kier alpha value is -5.04. The Balaban J connectivity index is 1.26. The summed E-state index contributed by atoms with van der Waals surface area (Å²) in [5, 5.41) is 99.8. The van der Waals surface area contributed by atoms with Crippen molar-refractivity contribution in [2.75, 3.05) is 50.0 Å². The minimum absolute atomic E-state index is 0.0914. The van der Waals surface area contributed by atoms with Crippen molar-refractivity contribution >= 4 is 94.1 Å². The molecule has 8 N–H and O–H groups in total. The van der Waals surface area contributed by atoms with Crippen LogP contribution in [0.1, 0.15) is 134 Å². The van der Waals surface area contributed by atoms with Gasteiger partial charge in [0.1, 0.15) is 46.0 Å². The Morgan fingerprint density at radius 1 is 0.182 bits per heavy atom. The number of benzene rings is 8.